The minimum absolute atomic E-state index is 0.0653. The Morgan fingerprint density at radius 3 is 1.90 bits per heavy atom. The molecular formula is C18H24F6O5. The van der Waals surface area contributed by atoms with Crippen molar-refractivity contribution in [3.05, 3.63) is 0 Å². The Balaban J connectivity index is 2.00. The average molecular weight is 434 g/mol. The predicted molar refractivity (Wildman–Crippen MR) is 86.2 cm³/mol. The van der Waals surface area contributed by atoms with E-state index in [9.17, 15) is 41.0 Å². The van der Waals surface area contributed by atoms with Crippen LogP contribution in [0.2, 0.25) is 0 Å². The van der Waals surface area contributed by atoms with Crippen LogP contribution in [-0.2, 0) is 19.1 Å². The Morgan fingerprint density at radius 1 is 0.966 bits per heavy atom. The number of rotatable bonds is 5. The fourth-order valence-corrected chi connectivity index (χ4v) is 4.68. The lowest BCUT2D eigenvalue weighted by molar-refractivity contribution is -0.407. The van der Waals surface area contributed by atoms with Gasteiger partial charge in [-0.25, -0.2) is 4.79 Å². The summed E-state index contributed by atoms with van der Waals surface area (Å²) in [6.07, 6.45) is -10.9. The van der Waals surface area contributed by atoms with Crippen molar-refractivity contribution in [3.8, 4) is 0 Å². The highest BCUT2D eigenvalue weighted by Gasteiger charge is 2.78. The first-order valence-electron chi connectivity index (χ1n) is 9.18. The Kier molecular flexibility index (Phi) is 5.99. The third-order valence-electron chi connectivity index (χ3n) is 6.59. The normalized spacial score (nSPS) is 30.4. The van der Waals surface area contributed by atoms with Gasteiger partial charge in [0.25, 0.3) is 5.60 Å². The number of halogens is 6. The first-order valence-corrected chi connectivity index (χ1v) is 9.18. The SMILES string of the molecule is CC1C2CC(C(=O)OCC(=O)OC(C)(C)C(O)(C(F)(F)F)C(F)(F)F)C(C2)C1C. The standard InChI is InChI=1S/C18H24F6O5/c1-8-9(2)11-5-10(8)6-12(11)14(26)28-7-13(25)29-15(3,4)16(27,17(19,20)21)18(22,23)24/h8-12,27H,5-7H2,1-4H3. The summed E-state index contributed by atoms with van der Waals surface area (Å²) in [4.78, 5) is 24.0. The maximum absolute atomic E-state index is 13.0. The van der Waals surface area contributed by atoms with Crippen LogP contribution in [0.3, 0.4) is 0 Å². The van der Waals surface area contributed by atoms with E-state index in [-0.39, 0.29) is 25.7 Å². The highest BCUT2D eigenvalue weighted by molar-refractivity contribution is 5.78. The van der Waals surface area contributed by atoms with Crippen LogP contribution in [-0.4, -0.2) is 47.2 Å². The third-order valence-corrected chi connectivity index (χ3v) is 6.59. The van der Waals surface area contributed by atoms with E-state index < -0.39 is 48.0 Å². The molecule has 0 radical (unpaired) electrons. The lowest BCUT2D eigenvalue weighted by atomic mass is 9.76. The fraction of sp³-hybridized carbons (Fsp3) is 0.889. The van der Waals surface area contributed by atoms with Gasteiger partial charge in [-0.15, -0.1) is 0 Å². The molecule has 1 N–H and O–H groups in total. The highest BCUT2D eigenvalue weighted by atomic mass is 19.4. The first kappa shape index (κ1) is 23.8. The smallest absolute Gasteiger partial charge is 0.430 e. The summed E-state index contributed by atoms with van der Waals surface area (Å²) < 4.78 is 86.9. The maximum atomic E-state index is 13.0. The summed E-state index contributed by atoms with van der Waals surface area (Å²) in [5, 5.41) is 9.40. The molecular weight excluding hydrogens is 410 g/mol. The van der Waals surface area contributed by atoms with E-state index in [2.05, 4.69) is 11.7 Å². The monoisotopic (exact) mass is 434 g/mol. The number of alkyl halides is 6. The van der Waals surface area contributed by atoms with Gasteiger partial charge in [0.1, 0.15) is 0 Å². The molecule has 5 atom stereocenters. The van der Waals surface area contributed by atoms with Crippen LogP contribution in [0, 0.1) is 29.6 Å². The molecule has 5 unspecified atom stereocenters. The van der Waals surface area contributed by atoms with Gasteiger partial charge in [-0.3, -0.25) is 4.79 Å². The van der Waals surface area contributed by atoms with Gasteiger partial charge >= 0.3 is 24.3 Å². The van der Waals surface area contributed by atoms with Crippen molar-refractivity contribution < 1.29 is 50.5 Å². The van der Waals surface area contributed by atoms with E-state index in [0.717, 1.165) is 6.42 Å². The van der Waals surface area contributed by atoms with Crippen molar-refractivity contribution >= 4 is 11.9 Å². The molecule has 2 aliphatic carbocycles. The number of esters is 2. The summed E-state index contributed by atoms with van der Waals surface area (Å²) in [6, 6.07) is 0. The number of hydrogen-bond donors (Lipinski definition) is 1. The Bertz CT molecular complexity index is 640. The van der Waals surface area contributed by atoms with Crippen LogP contribution < -0.4 is 0 Å². The second-order valence-corrected chi connectivity index (χ2v) is 8.52. The van der Waals surface area contributed by atoms with Gasteiger partial charge in [-0.2, -0.15) is 26.3 Å². The second-order valence-electron chi connectivity index (χ2n) is 8.52. The van der Waals surface area contributed by atoms with Crippen LogP contribution in [0.1, 0.15) is 40.5 Å². The molecule has 0 amide bonds. The predicted octanol–water partition coefficient (Wildman–Crippen LogP) is 3.64. The molecule has 0 aromatic carbocycles. The van der Waals surface area contributed by atoms with Gasteiger partial charge in [-0.05, 0) is 50.4 Å². The van der Waals surface area contributed by atoms with Crippen molar-refractivity contribution in [1.82, 2.24) is 0 Å². The van der Waals surface area contributed by atoms with E-state index >= 15 is 0 Å². The molecule has 0 heterocycles. The van der Waals surface area contributed by atoms with Gasteiger partial charge in [0, 0.05) is 0 Å². The molecule has 2 aliphatic rings. The molecule has 168 valence electrons. The van der Waals surface area contributed by atoms with Gasteiger partial charge in [-0.1, -0.05) is 13.8 Å². The van der Waals surface area contributed by atoms with E-state index in [1.807, 2.05) is 6.92 Å². The van der Waals surface area contributed by atoms with E-state index in [1.165, 1.54) is 0 Å². The summed E-state index contributed by atoms with van der Waals surface area (Å²) in [6.45, 7) is 3.50. The summed E-state index contributed by atoms with van der Waals surface area (Å²) in [5.41, 5.74) is -8.72. The molecule has 2 rings (SSSR count). The van der Waals surface area contributed by atoms with Crippen molar-refractivity contribution in [2.75, 3.05) is 6.61 Å². The number of aliphatic hydroxyl groups is 1. The van der Waals surface area contributed by atoms with Crippen molar-refractivity contribution in [2.45, 2.75) is 64.1 Å². The topological polar surface area (TPSA) is 72.8 Å². The van der Waals surface area contributed by atoms with Gasteiger partial charge in [0.05, 0.1) is 5.92 Å². The maximum Gasteiger partial charge on any atom is 0.430 e. The first-order chi connectivity index (χ1) is 12.9. The van der Waals surface area contributed by atoms with E-state index in [0.29, 0.717) is 18.3 Å². The molecule has 2 fully saturated rings. The Hall–Kier alpha value is -1.52. The minimum atomic E-state index is -6.17. The lowest BCUT2D eigenvalue weighted by Gasteiger charge is -2.43. The lowest BCUT2D eigenvalue weighted by Crippen LogP contribution is -2.70. The Labute approximate surface area is 163 Å². The quantitative estimate of drug-likeness (QED) is 0.529. The Morgan fingerprint density at radius 2 is 1.48 bits per heavy atom. The van der Waals surface area contributed by atoms with Crippen LogP contribution in [0.25, 0.3) is 0 Å². The molecule has 5 nitrogen and oxygen atoms in total. The number of fused-ring (bicyclic) bond motifs is 2. The molecule has 0 saturated heterocycles. The van der Waals surface area contributed by atoms with Crippen LogP contribution in [0.5, 0.6) is 0 Å². The second kappa shape index (κ2) is 7.31. The van der Waals surface area contributed by atoms with E-state index in [4.69, 9.17) is 4.74 Å². The molecule has 2 bridgehead atoms. The molecule has 0 aromatic rings. The number of carbonyl (C=O) groups excluding carboxylic acids is 2. The van der Waals surface area contributed by atoms with Crippen LogP contribution in [0.15, 0.2) is 0 Å². The summed E-state index contributed by atoms with van der Waals surface area (Å²) in [5.74, 6) is -1.70. The van der Waals surface area contributed by atoms with E-state index in [1.54, 1.807) is 0 Å². The fourth-order valence-electron chi connectivity index (χ4n) is 4.68. The number of carbonyl (C=O) groups is 2. The molecule has 0 aliphatic heterocycles. The molecule has 0 spiro atoms. The minimum Gasteiger partial charge on any atom is -0.453 e. The number of hydrogen-bond acceptors (Lipinski definition) is 5. The molecule has 0 aromatic heterocycles. The number of ether oxygens (including phenoxy) is 2. The molecule has 2 saturated carbocycles. The zero-order chi connectivity index (χ0) is 22.6. The summed E-state index contributed by atoms with van der Waals surface area (Å²) in [7, 11) is 0. The molecule has 29 heavy (non-hydrogen) atoms. The zero-order valence-electron chi connectivity index (χ0n) is 16.4. The molecule has 11 heteroatoms. The summed E-state index contributed by atoms with van der Waals surface area (Å²) >= 11 is 0. The zero-order valence-corrected chi connectivity index (χ0v) is 16.4. The van der Waals surface area contributed by atoms with Gasteiger partial charge in [0.15, 0.2) is 12.2 Å². The van der Waals surface area contributed by atoms with Crippen LogP contribution >= 0.6 is 0 Å². The van der Waals surface area contributed by atoms with Crippen molar-refractivity contribution in [1.29, 1.82) is 0 Å². The largest absolute Gasteiger partial charge is 0.453 e. The van der Waals surface area contributed by atoms with Crippen molar-refractivity contribution in [2.24, 2.45) is 29.6 Å². The van der Waals surface area contributed by atoms with Crippen LogP contribution in [0.4, 0.5) is 26.3 Å². The van der Waals surface area contributed by atoms with Gasteiger partial charge < -0.3 is 14.6 Å². The average Bonchev–Trinajstić information content (AvgIpc) is 3.09. The highest BCUT2D eigenvalue weighted by Crippen LogP contribution is 2.55. The van der Waals surface area contributed by atoms with Crippen molar-refractivity contribution in [3.63, 3.8) is 0 Å². The van der Waals surface area contributed by atoms with Gasteiger partial charge in [0.2, 0.25) is 0 Å². The third kappa shape index (κ3) is 3.94.